The van der Waals surface area contributed by atoms with Gasteiger partial charge in [0.25, 0.3) is 5.69 Å². The summed E-state index contributed by atoms with van der Waals surface area (Å²) in [6.07, 6.45) is 1.02. The minimum absolute atomic E-state index is 0.114. The molecule has 5 nitrogen and oxygen atoms in total. The first-order valence-corrected chi connectivity index (χ1v) is 6.58. The lowest BCUT2D eigenvalue weighted by molar-refractivity contribution is -0.385. The minimum Gasteiger partial charge on any atom is -0.380 e. The first-order valence-electron chi connectivity index (χ1n) is 5.78. The molecule has 18 heavy (non-hydrogen) atoms. The highest BCUT2D eigenvalue weighted by Gasteiger charge is 2.21. The highest BCUT2D eigenvalue weighted by atomic mass is 79.9. The fraction of sp³-hybridized carbons (Fsp3) is 0.500. The van der Waals surface area contributed by atoms with E-state index in [1.54, 1.807) is 12.1 Å². The van der Waals surface area contributed by atoms with Crippen LogP contribution in [0.5, 0.6) is 0 Å². The molecule has 1 unspecified atom stereocenters. The third-order valence-electron chi connectivity index (χ3n) is 3.17. The van der Waals surface area contributed by atoms with Crippen LogP contribution < -0.4 is 0 Å². The molecule has 1 atom stereocenters. The van der Waals surface area contributed by atoms with Crippen molar-refractivity contribution < 1.29 is 9.66 Å². The molecular formula is C12H15BrN2O3. The van der Waals surface area contributed by atoms with Gasteiger partial charge in [0.05, 0.1) is 16.0 Å². The zero-order valence-corrected chi connectivity index (χ0v) is 11.7. The van der Waals surface area contributed by atoms with Gasteiger partial charge < -0.3 is 4.74 Å². The predicted molar refractivity (Wildman–Crippen MR) is 71.5 cm³/mol. The zero-order valence-electron chi connectivity index (χ0n) is 10.1. The number of nitrogens with zero attached hydrogens (tertiary/aromatic N) is 2. The number of halogens is 1. The lowest BCUT2D eigenvalue weighted by atomic mass is 10.1. The second-order valence-corrected chi connectivity index (χ2v) is 5.33. The van der Waals surface area contributed by atoms with Crippen LogP contribution in [0, 0.1) is 10.1 Å². The smallest absolute Gasteiger partial charge is 0.283 e. The van der Waals surface area contributed by atoms with Crippen molar-refractivity contribution in [2.24, 2.45) is 0 Å². The van der Waals surface area contributed by atoms with Crippen LogP contribution in [0.25, 0.3) is 0 Å². The van der Waals surface area contributed by atoms with Gasteiger partial charge in [-0.1, -0.05) is 6.07 Å². The highest BCUT2D eigenvalue weighted by molar-refractivity contribution is 9.10. The largest absolute Gasteiger partial charge is 0.380 e. The van der Waals surface area contributed by atoms with Crippen LogP contribution in [-0.2, 0) is 11.3 Å². The molecule has 0 spiro atoms. The first kappa shape index (κ1) is 13.5. The van der Waals surface area contributed by atoms with Crippen LogP contribution in [0.3, 0.4) is 0 Å². The second kappa shape index (κ2) is 5.77. The van der Waals surface area contributed by atoms with E-state index in [1.807, 2.05) is 13.1 Å². The highest BCUT2D eigenvalue weighted by Crippen LogP contribution is 2.26. The maximum absolute atomic E-state index is 10.9. The number of benzene rings is 1. The molecule has 0 N–H and O–H groups in total. The van der Waals surface area contributed by atoms with Crippen LogP contribution in [0.2, 0.25) is 0 Å². The Balaban J connectivity index is 2.09. The summed E-state index contributed by atoms with van der Waals surface area (Å²) in [4.78, 5) is 12.7. The molecule has 0 amide bonds. The Morgan fingerprint density at radius 2 is 2.39 bits per heavy atom. The van der Waals surface area contributed by atoms with Crippen molar-refractivity contribution in [3.05, 3.63) is 38.3 Å². The maximum Gasteiger partial charge on any atom is 0.283 e. The van der Waals surface area contributed by atoms with E-state index in [4.69, 9.17) is 4.74 Å². The van der Waals surface area contributed by atoms with E-state index in [0.717, 1.165) is 25.2 Å². The number of ether oxygens (including phenoxy) is 1. The average molecular weight is 315 g/mol. The summed E-state index contributed by atoms with van der Waals surface area (Å²) in [7, 11) is 2.02. The molecule has 1 heterocycles. The van der Waals surface area contributed by atoms with Gasteiger partial charge in [0.2, 0.25) is 0 Å². The van der Waals surface area contributed by atoms with E-state index in [2.05, 4.69) is 20.8 Å². The summed E-state index contributed by atoms with van der Waals surface area (Å²) in [6.45, 7) is 2.24. The molecule has 1 aliphatic heterocycles. The van der Waals surface area contributed by atoms with Gasteiger partial charge in [0.1, 0.15) is 0 Å². The van der Waals surface area contributed by atoms with Crippen LogP contribution in [0.1, 0.15) is 12.0 Å². The van der Waals surface area contributed by atoms with E-state index in [-0.39, 0.29) is 10.6 Å². The Morgan fingerprint density at radius 1 is 1.61 bits per heavy atom. The van der Waals surface area contributed by atoms with Gasteiger partial charge in [0, 0.05) is 25.3 Å². The summed E-state index contributed by atoms with van der Waals surface area (Å²) < 4.78 is 5.86. The molecule has 0 aliphatic carbocycles. The van der Waals surface area contributed by atoms with Crippen LogP contribution in [0.4, 0.5) is 5.69 Å². The summed E-state index contributed by atoms with van der Waals surface area (Å²) in [5.74, 6) is 0. The Bertz CT molecular complexity index is 447. The lowest BCUT2D eigenvalue weighted by Gasteiger charge is -2.22. The molecule has 0 bridgehead atoms. The molecule has 1 aliphatic rings. The lowest BCUT2D eigenvalue weighted by Crippen LogP contribution is -2.31. The molecular weight excluding hydrogens is 300 g/mol. The first-order chi connectivity index (χ1) is 8.58. The molecule has 98 valence electrons. The molecule has 0 aromatic heterocycles. The van der Waals surface area contributed by atoms with E-state index in [1.165, 1.54) is 0 Å². The maximum atomic E-state index is 10.9. The Kier molecular flexibility index (Phi) is 4.31. The molecule has 1 aromatic rings. The van der Waals surface area contributed by atoms with Gasteiger partial charge in [-0.05, 0) is 41.0 Å². The normalized spacial score (nSPS) is 19.4. The van der Waals surface area contributed by atoms with Gasteiger partial charge in [-0.2, -0.15) is 0 Å². The van der Waals surface area contributed by atoms with Crippen molar-refractivity contribution in [2.75, 3.05) is 20.3 Å². The monoisotopic (exact) mass is 314 g/mol. The number of nitro benzene ring substituents is 1. The van der Waals surface area contributed by atoms with Crippen molar-refractivity contribution in [1.82, 2.24) is 4.90 Å². The number of hydrogen-bond donors (Lipinski definition) is 0. The SMILES string of the molecule is CN(Cc1ccc(Br)c([N+](=O)[O-])c1)C1CCOC1. The fourth-order valence-corrected chi connectivity index (χ4v) is 2.47. The van der Waals surface area contributed by atoms with Crippen LogP contribution in [-0.4, -0.2) is 36.1 Å². The third-order valence-corrected chi connectivity index (χ3v) is 3.84. The Morgan fingerprint density at radius 3 is 3.00 bits per heavy atom. The summed E-state index contributed by atoms with van der Waals surface area (Å²) in [6, 6.07) is 5.67. The average Bonchev–Trinajstić information content (AvgIpc) is 2.85. The molecule has 6 heteroatoms. The summed E-state index contributed by atoms with van der Waals surface area (Å²) in [5, 5.41) is 10.9. The quantitative estimate of drug-likeness (QED) is 0.633. The number of hydrogen-bond acceptors (Lipinski definition) is 4. The molecule has 2 rings (SSSR count). The van der Waals surface area contributed by atoms with Gasteiger partial charge >= 0.3 is 0 Å². The summed E-state index contributed by atoms with van der Waals surface area (Å²) in [5.41, 5.74) is 1.06. The number of nitro groups is 1. The van der Waals surface area contributed by atoms with Gasteiger partial charge in [-0.3, -0.25) is 15.0 Å². The predicted octanol–water partition coefficient (Wildman–Crippen LogP) is 2.58. The van der Waals surface area contributed by atoms with Crippen LogP contribution in [0.15, 0.2) is 22.7 Å². The molecule has 1 aromatic carbocycles. The van der Waals surface area contributed by atoms with Crippen molar-refractivity contribution in [3.8, 4) is 0 Å². The molecule has 1 saturated heterocycles. The van der Waals surface area contributed by atoms with E-state index < -0.39 is 0 Å². The fourth-order valence-electron chi connectivity index (χ4n) is 2.08. The minimum atomic E-state index is -0.369. The third kappa shape index (κ3) is 3.07. The van der Waals surface area contributed by atoms with Gasteiger partial charge in [-0.25, -0.2) is 0 Å². The Hall–Kier alpha value is -0.980. The van der Waals surface area contributed by atoms with Crippen molar-refractivity contribution in [1.29, 1.82) is 0 Å². The number of likely N-dealkylation sites (N-methyl/N-ethyl adjacent to an activating group) is 1. The van der Waals surface area contributed by atoms with E-state index >= 15 is 0 Å². The number of rotatable bonds is 4. The second-order valence-electron chi connectivity index (χ2n) is 4.48. The molecule has 0 radical (unpaired) electrons. The molecule has 1 fully saturated rings. The van der Waals surface area contributed by atoms with Crippen molar-refractivity contribution in [3.63, 3.8) is 0 Å². The van der Waals surface area contributed by atoms with Gasteiger partial charge in [0.15, 0.2) is 0 Å². The van der Waals surface area contributed by atoms with Gasteiger partial charge in [-0.15, -0.1) is 0 Å². The van der Waals surface area contributed by atoms with Crippen molar-refractivity contribution >= 4 is 21.6 Å². The van der Waals surface area contributed by atoms with E-state index in [0.29, 0.717) is 17.1 Å². The zero-order chi connectivity index (χ0) is 13.1. The van der Waals surface area contributed by atoms with E-state index in [9.17, 15) is 10.1 Å². The standard InChI is InChI=1S/C12H15BrN2O3/c1-14(10-4-5-18-8-10)7-9-2-3-11(13)12(6-9)15(16)17/h2-3,6,10H,4-5,7-8H2,1H3. The summed E-state index contributed by atoms with van der Waals surface area (Å²) >= 11 is 3.19. The van der Waals surface area contributed by atoms with Crippen molar-refractivity contribution in [2.45, 2.75) is 19.0 Å². The topological polar surface area (TPSA) is 55.6 Å². The Labute approximate surface area is 114 Å². The molecule has 0 saturated carbocycles. The van der Waals surface area contributed by atoms with Crippen LogP contribution >= 0.6 is 15.9 Å².